The van der Waals surface area contributed by atoms with Crippen molar-refractivity contribution in [2.45, 2.75) is 18.6 Å². The Morgan fingerprint density at radius 2 is 1.44 bits per heavy atom. The number of hydrogen-bond donors (Lipinski definition) is 1. The standard InChI is InChI=1S/C26H19N5O3/c27-15-16-30-22(28-21-14-8-7-13-20(21)23(30)32)17-31-24(33)26(29-25(31)34,18-9-3-1-4-10-18)19-11-5-2-6-12-19/h1-14H,16-17H2,(H,29,34). The minimum atomic E-state index is -1.42. The zero-order chi connectivity index (χ0) is 23.7. The van der Waals surface area contributed by atoms with Gasteiger partial charge in [-0.2, -0.15) is 5.26 Å². The second-order valence-electron chi connectivity index (χ2n) is 7.90. The molecule has 0 atom stereocenters. The average molecular weight is 449 g/mol. The second-order valence-corrected chi connectivity index (χ2v) is 7.90. The van der Waals surface area contributed by atoms with Crippen LogP contribution in [0.2, 0.25) is 0 Å². The lowest BCUT2D eigenvalue weighted by molar-refractivity contribution is -0.130. The molecule has 0 aliphatic carbocycles. The second kappa shape index (κ2) is 8.30. The number of rotatable bonds is 5. The van der Waals surface area contributed by atoms with E-state index in [1.807, 2.05) is 18.2 Å². The quantitative estimate of drug-likeness (QED) is 0.472. The third-order valence-corrected chi connectivity index (χ3v) is 5.99. The molecular weight excluding hydrogens is 430 g/mol. The molecule has 3 aromatic carbocycles. The molecule has 1 saturated heterocycles. The predicted molar refractivity (Wildman–Crippen MR) is 124 cm³/mol. The van der Waals surface area contributed by atoms with E-state index in [9.17, 15) is 19.6 Å². The number of imide groups is 1. The number of nitriles is 1. The van der Waals surface area contributed by atoms with Crippen LogP contribution in [0, 0.1) is 11.3 Å². The van der Waals surface area contributed by atoms with E-state index < -0.39 is 23.0 Å². The van der Waals surface area contributed by atoms with Crippen molar-refractivity contribution < 1.29 is 9.59 Å². The van der Waals surface area contributed by atoms with Crippen molar-refractivity contribution in [2.24, 2.45) is 0 Å². The van der Waals surface area contributed by atoms with Crippen LogP contribution in [0.15, 0.2) is 89.7 Å². The zero-order valence-electron chi connectivity index (χ0n) is 18.0. The van der Waals surface area contributed by atoms with Crippen molar-refractivity contribution in [1.29, 1.82) is 5.26 Å². The molecule has 3 amide bonds. The van der Waals surface area contributed by atoms with Gasteiger partial charge in [-0.15, -0.1) is 0 Å². The molecule has 34 heavy (non-hydrogen) atoms. The van der Waals surface area contributed by atoms with E-state index in [0.29, 0.717) is 22.0 Å². The Labute approximate surface area is 194 Å². The number of carbonyl (C=O) groups excluding carboxylic acids is 2. The predicted octanol–water partition coefficient (Wildman–Crippen LogP) is 2.92. The van der Waals surface area contributed by atoms with Crippen LogP contribution in [0.5, 0.6) is 0 Å². The number of amides is 3. The molecular formula is C26H19N5O3. The van der Waals surface area contributed by atoms with Crippen molar-refractivity contribution in [3.63, 3.8) is 0 Å². The molecule has 0 saturated carbocycles. The molecule has 8 heteroatoms. The molecule has 4 aromatic rings. The van der Waals surface area contributed by atoms with Gasteiger partial charge in [0.05, 0.1) is 23.5 Å². The first kappa shape index (κ1) is 21.1. The summed E-state index contributed by atoms with van der Waals surface area (Å²) in [6, 6.07) is 26.2. The largest absolute Gasteiger partial charge is 0.325 e. The Kier molecular flexibility index (Phi) is 5.15. The van der Waals surface area contributed by atoms with Gasteiger partial charge in [-0.1, -0.05) is 72.8 Å². The molecule has 1 fully saturated rings. The van der Waals surface area contributed by atoms with E-state index in [1.54, 1.807) is 72.8 Å². The van der Waals surface area contributed by atoms with Crippen molar-refractivity contribution in [3.05, 3.63) is 112 Å². The van der Waals surface area contributed by atoms with Gasteiger partial charge < -0.3 is 5.32 Å². The van der Waals surface area contributed by atoms with E-state index in [2.05, 4.69) is 10.3 Å². The molecule has 0 radical (unpaired) electrons. The van der Waals surface area contributed by atoms with E-state index in [1.165, 1.54) is 4.57 Å². The lowest BCUT2D eigenvalue weighted by Gasteiger charge is -2.28. The van der Waals surface area contributed by atoms with Crippen LogP contribution in [0.1, 0.15) is 17.0 Å². The highest BCUT2D eigenvalue weighted by Gasteiger charge is 2.53. The molecule has 1 N–H and O–H groups in total. The molecule has 0 unspecified atom stereocenters. The Hall–Kier alpha value is -4.77. The summed E-state index contributed by atoms with van der Waals surface area (Å²) in [6.45, 7) is -0.508. The number of hydrogen-bond acceptors (Lipinski definition) is 5. The first-order chi connectivity index (χ1) is 16.6. The Morgan fingerprint density at radius 1 is 0.853 bits per heavy atom. The third-order valence-electron chi connectivity index (χ3n) is 5.99. The van der Waals surface area contributed by atoms with Gasteiger partial charge in [0.25, 0.3) is 11.5 Å². The summed E-state index contributed by atoms with van der Waals surface area (Å²) < 4.78 is 1.20. The normalized spacial score (nSPS) is 14.7. The van der Waals surface area contributed by atoms with Gasteiger partial charge in [0, 0.05) is 0 Å². The smallest absolute Gasteiger partial charge is 0.315 e. The highest BCUT2D eigenvalue weighted by Crippen LogP contribution is 2.36. The van der Waals surface area contributed by atoms with Gasteiger partial charge in [0.1, 0.15) is 12.4 Å². The fraction of sp³-hybridized carbons (Fsp3) is 0.115. The lowest BCUT2D eigenvalue weighted by atomic mass is 9.82. The number of para-hydroxylation sites is 1. The summed E-state index contributed by atoms with van der Waals surface area (Å²) in [5, 5.41) is 12.5. The minimum absolute atomic E-state index is 0.158. The number of urea groups is 1. The van der Waals surface area contributed by atoms with Crippen LogP contribution >= 0.6 is 0 Å². The van der Waals surface area contributed by atoms with E-state index in [4.69, 9.17) is 0 Å². The van der Waals surface area contributed by atoms with Crippen LogP contribution in [-0.4, -0.2) is 26.4 Å². The maximum Gasteiger partial charge on any atom is 0.325 e. The topological polar surface area (TPSA) is 108 Å². The fourth-order valence-electron chi connectivity index (χ4n) is 4.36. The average Bonchev–Trinajstić information content (AvgIpc) is 3.13. The molecule has 0 bridgehead atoms. The van der Waals surface area contributed by atoms with Gasteiger partial charge in [-0.25, -0.2) is 9.78 Å². The summed E-state index contributed by atoms with van der Waals surface area (Å²) in [5.41, 5.74) is -0.157. The highest BCUT2D eigenvalue weighted by atomic mass is 16.2. The number of fused-ring (bicyclic) bond motifs is 1. The molecule has 166 valence electrons. The first-order valence-corrected chi connectivity index (χ1v) is 10.7. The van der Waals surface area contributed by atoms with Crippen LogP contribution in [0.4, 0.5) is 4.79 Å². The van der Waals surface area contributed by atoms with Crippen LogP contribution in [0.25, 0.3) is 10.9 Å². The van der Waals surface area contributed by atoms with Crippen LogP contribution in [-0.2, 0) is 23.4 Å². The Bertz CT molecular complexity index is 1470. The first-order valence-electron chi connectivity index (χ1n) is 10.7. The maximum absolute atomic E-state index is 13.9. The third kappa shape index (κ3) is 3.22. The molecule has 1 aliphatic rings. The molecule has 1 aliphatic heterocycles. The molecule has 8 nitrogen and oxygen atoms in total. The van der Waals surface area contributed by atoms with Crippen molar-refractivity contribution in [1.82, 2.24) is 19.8 Å². The Balaban J connectivity index is 1.63. The van der Waals surface area contributed by atoms with Crippen molar-refractivity contribution >= 4 is 22.8 Å². The van der Waals surface area contributed by atoms with Crippen molar-refractivity contribution in [2.75, 3.05) is 0 Å². The molecule has 1 aromatic heterocycles. The number of nitrogens with zero attached hydrogens (tertiary/aromatic N) is 4. The van der Waals surface area contributed by atoms with E-state index in [-0.39, 0.29) is 18.9 Å². The maximum atomic E-state index is 13.9. The monoisotopic (exact) mass is 449 g/mol. The molecule has 0 spiro atoms. The minimum Gasteiger partial charge on any atom is -0.315 e. The summed E-state index contributed by atoms with van der Waals surface area (Å²) in [5.74, 6) is -0.327. The van der Waals surface area contributed by atoms with Gasteiger partial charge in [0.2, 0.25) is 0 Å². The number of carbonyl (C=O) groups is 2. The number of nitrogens with one attached hydrogen (secondary N) is 1. The van der Waals surface area contributed by atoms with E-state index >= 15 is 0 Å². The summed E-state index contributed by atoms with van der Waals surface area (Å²) >= 11 is 0. The van der Waals surface area contributed by atoms with E-state index in [0.717, 1.165) is 4.90 Å². The summed E-state index contributed by atoms with van der Waals surface area (Å²) in [7, 11) is 0. The fourth-order valence-corrected chi connectivity index (χ4v) is 4.36. The lowest BCUT2D eigenvalue weighted by Crippen LogP contribution is -2.45. The highest BCUT2D eigenvalue weighted by molar-refractivity contribution is 6.09. The molecule has 5 rings (SSSR count). The van der Waals surface area contributed by atoms with Gasteiger partial charge in [0.15, 0.2) is 5.54 Å². The number of aromatic nitrogens is 2. The Morgan fingerprint density at radius 3 is 2.06 bits per heavy atom. The summed E-state index contributed by atoms with van der Waals surface area (Å²) in [6.07, 6.45) is 0. The van der Waals surface area contributed by atoms with Crippen LogP contribution < -0.4 is 10.9 Å². The summed E-state index contributed by atoms with van der Waals surface area (Å²) in [4.78, 5) is 45.7. The van der Waals surface area contributed by atoms with Gasteiger partial charge in [-0.05, 0) is 23.3 Å². The van der Waals surface area contributed by atoms with Gasteiger partial charge >= 0.3 is 6.03 Å². The van der Waals surface area contributed by atoms with Crippen molar-refractivity contribution in [3.8, 4) is 6.07 Å². The zero-order valence-corrected chi connectivity index (χ0v) is 18.0. The SMILES string of the molecule is N#CCn1c(CN2C(=O)NC(c3ccccc3)(c3ccccc3)C2=O)nc2ccccc2c1=O. The number of benzene rings is 3. The van der Waals surface area contributed by atoms with Gasteiger partial charge in [-0.3, -0.25) is 19.1 Å². The molecule has 2 heterocycles. The van der Waals surface area contributed by atoms with Crippen LogP contribution in [0.3, 0.4) is 0 Å².